The van der Waals surface area contributed by atoms with Gasteiger partial charge in [-0.2, -0.15) is 0 Å². The highest BCUT2D eigenvalue weighted by molar-refractivity contribution is 9.10. The van der Waals surface area contributed by atoms with E-state index in [0.29, 0.717) is 12.2 Å². The number of carbonyl (C=O) groups excluding carboxylic acids is 1. The molecule has 0 saturated carbocycles. The molecule has 0 spiro atoms. The molecule has 0 aliphatic carbocycles. The Kier molecular flexibility index (Phi) is 3.69. The zero-order valence-corrected chi connectivity index (χ0v) is 12.5. The highest BCUT2D eigenvalue weighted by Crippen LogP contribution is 2.28. The monoisotopic (exact) mass is 353 g/mol. The van der Waals surface area contributed by atoms with Crippen molar-refractivity contribution in [2.75, 3.05) is 19.8 Å². The third-order valence-corrected chi connectivity index (χ3v) is 4.01. The molecule has 7 heteroatoms. The van der Waals surface area contributed by atoms with Crippen LogP contribution in [-0.2, 0) is 9.53 Å². The van der Waals surface area contributed by atoms with E-state index >= 15 is 0 Å². The van der Waals surface area contributed by atoms with Crippen molar-refractivity contribution >= 4 is 38.8 Å². The number of hydrogen-bond acceptors (Lipinski definition) is 4. The summed E-state index contributed by atoms with van der Waals surface area (Å²) in [5, 5.41) is 9.96. The van der Waals surface area contributed by atoms with E-state index in [1.165, 1.54) is 4.90 Å². The molecule has 1 amide bonds. The lowest BCUT2D eigenvalue weighted by Gasteiger charge is -2.32. The fourth-order valence-electron chi connectivity index (χ4n) is 2.33. The first-order valence-corrected chi connectivity index (χ1v) is 7.17. The van der Waals surface area contributed by atoms with E-state index in [4.69, 9.17) is 9.15 Å². The molecular formula is C14H12BrNO5. The van der Waals surface area contributed by atoms with Crippen LogP contribution in [0.15, 0.2) is 33.2 Å². The second-order valence-electron chi connectivity index (χ2n) is 4.70. The van der Waals surface area contributed by atoms with Gasteiger partial charge in [0.15, 0.2) is 11.8 Å². The normalized spacial score (nSPS) is 18.9. The van der Waals surface area contributed by atoms with Gasteiger partial charge >= 0.3 is 5.97 Å². The van der Waals surface area contributed by atoms with Crippen LogP contribution < -0.4 is 0 Å². The van der Waals surface area contributed by atoms with Crippen molar-refractivity contribution < 1.29 is 23.8 Å². The lowest BCUT2D eigenvalue weighted by Crippen LogP contribution is -2.52. The fraction of sp³-hybridized carbons (Fsp3) is 0.286. The Hall–Kier alpha value is -1.86. The number of hydrogen-bond donors (Lipinski definition) is 1. The molecule has 2 aromatic rings. The van der Waals surface area contributed by atoms with Crippen molar-refractivity contribution in [3.8, 4) is 0 Å². The number of rotatable bonds is 2. The molecule has 1 atom stereocenters. The van der Waals surface area contributed by atoms with E-state index in [1.54, 1.807) is 6.07 Å². The number of nitrogens with zero attached hydrogens (tertiary/aromatic N) is 1. The number of amides is 1. The molecule has 1 aromatic heterocycles. The Labute approximate surface area is 128 Å². The maximum atomic E-state index is 12.5. The van der Waals surface area contributed by atoms with Crippen LogP contribution in [-0.4, -0.2) is 47.7 Å². The van der Waals surface area contributed by atoms with Crippen molar-refractivity contribution in [2.45, 2.75) is 6.04 Å². The number of furan rings is 1. The van der Waals surface area contributed by atoms with E-state index < -0.39 is 17.9 Å². The van der Waals surface area contributed by atoms with E-state index in [9.17, 15) is 14.7 Å². The van der Waals surface area contributed by atoms with Gasteiger partial charge in [-0.3, -0.25) is 4.79 Å². The third kappa shape index (κ3) is 2.54. The molecule has 21 heavy (non-hydrogen) atoms. The van der Waals surface area contributed by atoms with Crippen LogP contribution in [0.1, 0.15) is 10.6 Å². The minimum atomic E-state index is -1.08. The van der Waals surface area contributed by atoms with Gasteiger partial charge in [-0.25, -0.2) is 4.79 Å². The van der Waals surface area contributed by atoms with Gasteiger partial charge in [0.2, 0.25) is 0 Å². The van der Waals surface area contributed by atoms with E-state index in [1.807, 2.05) is 18.2 Å². The summed E-state index contributed by atoms with van der Waals surface area (Å²) in [5.74, 6) is -1.39. The van der Waals surface area contributed by atoms with Crippen LogP contribution in [0, 0.1) is 0 Å². The number of ether oxygens (including phenoxy) is 1. The molecule has 1 aromatic carbocycles. The van der Waals surface area contributed by atoms with Gasteiger partial charge < -0.3 is 19.2 Å². The minimum absolute atomic E-state index is 0.00893. The Morgan fingerprint density at radius 2 is 2.19 bits per heavy atom. The van der Waals surface area contributed by atoms with Crippen LogP contribution in [0.4, 0.5) is 0 Å². The molecular weight excluding hydrogens is 342 g/mol. The summed E-state index contributed by atoms with van der Waals surface area (Å²) in [5.41, 5.74) is 0.570. The van der Waals surface area contributed by atoms with E-state index in [-0.39, 0.29) is 18.9 Å². The molecule has 110 valence electrons. The predicted octanol–water partition coefficient (Wildman–Crippen LogP) is 2.12. The summed E-state index contributed by atoms with van der Waals surface area (Å²) >= 11 is 3.36. The average molecular weight is 354 g/mol. The third-order valence-electron chi connectivity index (χ3n) is 3.38. The molecule has 3 rings (SSSR count). The smallest absolute Gasteiger partial charge is 0.328 e. The van der Waals surface area contributed by atoms with Crippen molar-refractivity contribution in [1.29, 1.82) is 0 Å². The van der Waals surface area contributed by atoms with Crippen LogP contribution in [0.2, 0.25) is 0 Å². The average Bonchev–Trinajstić information content (AvgIpc) is 2.92. The van der Waals surface area contributed by atoms with Crippen LogP contribution in [0.3, 0.4) is 0 Å². The van der Waals surface area contributed by atoms with Gasteiger partial charge in [-0.15, -0.1) is 0 Å². The van der Waals surface area contributed by atoms with Crippen LogP contribution in [0.5, 0.6) is 0 Å². The Morgan fingerprint density at radius 1 is 1.38 bits per heavy atom. The van der Waals surface area contributed by atoms with Crippen LogP contribution >= 0.6 is 15.9 Å². The van der Waals surface area contributed by atoms with Crippen LogP contribution in [0.25, 0.3) is 11.0 Å². The van der Waals surface area contributed by atoms with Gasteiger partial charge in [0.1, 0.15) is 5.58 Å². The van der Waals surface area contributed by atoms with Gasteiger partial charge in [0, 0.05) is 11.9 Å². The van der Waals surface area contributed by atoms with E-state index in [0.717, 1.165) is 9.86 Å². The topological polar surface area (TPSA) is 80.0 Å². The largest absolute Gasteiger partial charge is 0.480 e. The van der Waals surface area contributed by atoms with Crippen molar-refractivity contribution in [1.82, 2.24) is 4.90 Å². The highest BCUT2D eigenvalue weighted by atomic mass is 79.9. The zero-order valence-electron chi connectivity index (χ0n) is 10.9. The number of carboxylic acid groups (broad SMARTS) is 1. The van der Waals surface area contributed by atoms with Gasteiger partial charge in [-0.05, 0) is 28.1 Å². The number of carbonyl (C=O) groups is 2. The zero-order chi connectivity index (χ0) is 15.0. The molecule has 1 saturated heterocycles. The van der Waals surface area contributed by atoms with Gasteiger partial charge in [0.05, 0.1) is 17.7 Å². The summed E-state index contributed by atoms with van der Waals surface area (Å²) < 4.78 is 11.4. The molecule has 2 heterocycles. The number of aliphatic carboxylic acids is 1. The lowest BCUT2D eigenvalue weighted by molar-refractivity contribution is -0.147. The number of carboxylic acids is 1. The summed E-state index contributed by atoms with van der Waals surface area (Å²) in [6.45, 7) is 0.540. The maximum absolute atomic E-state index is 12.5. The Balaban J connectivity index is 1.95. The van der Waals surface area contributed by atoms with Gasteiger partial charge in [0.25, 0.3) is 5.91 Å². The van der Waals surface area contributed by atoms with Gasteiger partial charge in [-0.1, -0.05) is 12.1 Å². The SMILES string of the molecule is O=C(O)[C@H]1COCCN1C(=O)c1cc2cccc(Br)c2o1. The molecule has 1 aliphatic heterocycles. The second kappa shape index (κ2) is 5.50. The maximum Gasteiger partial charge on any atom is 0.328 e. The minimum Gasteiger partial charge on any atom is -0.480 e. The first-order valence-electron chi connectivity index (χ1n) is 6.37. The van der Waals surface area contributed by atoms with Crippen molar-refractivity contribution in [3.05, 3.63) is 34.5 Å². The first kappa shape index (κ1) is 14.1. The molecule has 1 aliphatic rings. The van der Waals surface area contributed by atoms with E-state index in [2.05, 4.69) is 15.9 Å². The number of halogens is 1. The number of para-hydroxylation sites is 1. The number of morpholine rings is 1. The molecule has 0 unspecified atom stereocenters. The summed E-state index contributed by atoms with van der Waals surface area (Å²) in [4.78, 5) is 25.0. The summed E-state index contributed by atoms with van der Waals surface area (Å²) in [7, 11) is 0. The number of fused-ring (bicyclic) bond motifs is 1. The lowest BCUT2D eigenvalue weighted by atomic mass is 10.2. The number of benzene rings is 1. The Bertz CT molecular complexity index is 710. The molecule has 6 nitrogen and oxygen atoms in total. The van der Waals surface area contributed by atoms with Crippen molar-refractivity contribution in [2.24, 2.45) is 0 Å². The quantitative estimate of drug-likeness (QED) is 0.894. The highest BCUT2D eigenvalue weighted by Gasteiger charge is 2.34. The summed E-state index contributed by atoms with van der Waals surface area (Å²) in [6, 6.07) is 6.12. The Morgan fingerprint density at radius 3 is 2.90 bits per heavy atom. The first-order chi connectivity index (χ1) is 10.1. The standard InChI is InChI=1S/C14H12BrNO5/c15-9-3-1-2-8-6-11(21-12(8)9)13(17)16-4-5-20-7-10(16)14(18)19/h1-3,6,10H,4-5,7H2,(H,18,19)/t10-/m1/s1. The predicted molar refractivity (Wildman–Crippen MR) is 77.2 cm³/mol. The molecule has 0 bridgehead atoms. The van der Waals surface area contributed by atoms with Crippen molar-refractivity contribution in [3.63, 3.8) is 0 Å². The summed E-state index contributed by atoms with van der Waals surface area (Å²) in [6.07, 6.45) is 0. The molecule has 1 fully saturated rings. The second-order valence-corrected chi connectivity index (χ2v) is 5.55. The molecule has 1 N–H and O–H groups in total. The molecule has 0 radical (unpaired) electrons. The fourth-order valence-corrected chi connectivity index (χ4v) is 2.79.